The van der Waals surface area contributed by atoms with E-state index in [2.05, 4.69) is 35.1 Å². The predicted octanol–water partition coefficient (Wildman–Crippen LogP) is 7.95. The van der Waals surface area contributed by atoms with E-state index in [0.717, 1.165) is 27.4 Å². The number of hydrogen-bond donors (Lipinski definition) is 1. The summed E-state index contributed by atoms with van der Waals surface area (Å²) >= 11 is 3.50. The summed E-state index contributed by atoms with van der Waals surface area (Å²) in [6.45, 7) is 7.44. The van der Waals surface area contributed by atoms with Gasteiger partial charge in [0.2, 0.25) is 0 Å². The van der Waals surface area contributed by atoms with E-state index in [9.17, 15) is 9.59 Å². The second-order valence-corrected chi connectivity index (χ2v) is 10.1. The molecule has 1 N–H and O–H groups in total. The number of benzene rings is 4. The zero-order valence-electron chi connectivity index (χ0n) is 21.3. The molecule has 37 heavy (non-hydrogen) atoms. The molecule has 0 heterocycles. The average Bonchev–Trinajstić information content (AvgIpc) is 2.90. The monoisotopic (exact) mass is 558 g/mol. The first kappa shape index (κ1) is 26.4. The van der Waals surface area contributed by atoms with Crippen molar-refractivity contribution >= 4 is 49.9 Å². The number of carbonyl (C=O) groups is 2. The minimum absolute atomic E-state index is 0.0892. The summed E-state index contributed by atoms with van der Waals surface area (Å²) in [5.74, 6) is 0.952. The molecule has 0 saturated carbocycles. The normalized spacial score (nSPS) is 10.9. The Morgan fingerprint density at radius 1 is 0.919 bits per heavy atom. The molecule has 6 heteroatoms. The minimum Gasteiger partial charge on any atom is -0.492 e. The van der Waals surface area contributed by atoms with Crippen molar-refractivity contribution in [3.63, 3.8) is 0 Å². The number of amides is 2. The SMILES string of the molecule is CCN(C(=O)c1ccc(NC(=O)c2ccc(OCCC(C)C)c(Br)c2)cc1)c1cccc2ccccc12. The Morgan fingerprint density at radius 2 is 1.62 bits per heavy atom. The lowest BCUT2D eigenvalue weighted by Gasteiger charge is -2.23. The molecule has 190 valence electrons. The molecule has 2 amide bonds. The fourth-order valence-corrected chi connectivity index (χ4v) is 4.58. The first-order chi connectivity index (χ1) is 17.9. The van der Waals surface area contributed by atoms with Crippen LogP contribution in [0.4, 0.5) is 11.4 Å². The van der Waals surface area contributed by atoms with Crippen LogP contribution in [-0.2, 0) is 0 Å². The van der Waals surface area contributed by atoms with Gasteiger partial charge in [-0.3, -0.25) is 9.59 Å². The molecule has 4 aromatic rings. The Hall–Kier alpha value is -3.64. The van der Waals surface area contributed by atoms with Crippen LogP contribution in [0.25, 0.3) is 10.8 Å². The summed E-state index contributed by atoms with van der Waals surface area (Å²) in [4.78, 5) is 28.0. The van der Waals surface area contributed by atoms with Gasteiger partial charge >= 0.3 is 0 Å². The van der Waals surface area contributed by atoms with E-state index in [4.69, 9.17) is 4.74 Å². The van der Waals surface area contributed by atoms with Crippen LogP contribution >= 0.6 is 15.9 Å². The molecule has 0 radical (unpaired) electrons. The van der Waals surface area contributed by atoms with Crippen LogP contribution < -0.4 is 15.0 Å². The van der Waals surface area contributed by atoms with Gasteiger partial charge in [-0.25, -0.2) is 0 Å². The Kier molecular flexibility index (Phi) is 8.62. The van der Waals surface area contributed by atoms with Gasteiger partial charge < -0.3 is 15.0 Å². The highest BCUT2D eigenvalue weighted by Gasteiger charge is 2.18. The molecule has 0 spiro atoms. The van der Waals surface area contributed by atoms with Crippen LogP contribution in [0.15, 0.2) is 89.4 Å². The highest BCUT2D eigenvalue weighted by Crippen LogP contribution is 2.29. The maximum Gasteiger partial charge on any atom is 0.258 e. The number of nitrogens with zero attached hydrogens (tertiary/aromatic N) is 1. The first-order valence-corrected chi connectivity index (χ1v) is 13.3. The number of fused-ring (bicyclic) bond motifs is 1. The topological polar surface area (TPSA) is 58.6 Å². The standard InChI is InChI=1S/C31H31BrN2O3/c1-4-34(28-11-7-9-22-8-5-6-10-26(22)28)31(36)23-12-15-25(16-13-23)33-30(35)24-14-17-29(27(32)20-24)37-19-18-21(2)3/h5-17,20-21H,4,18-19H2,1-3H3,(H,33,35). The fourth-order valence-electron chi connectivity index (χ4n) is 4.09. The molecule has 0 bridgehead atoms. The van der Waals surface area contributed by atoms with Gasteiger partial charge in [-0.1, -0.05) is 50.2 Å². The van der Waals surface area contributed by atoms with Crippen LogP contribution in [-0.4, -0.2) is 25.0 Å². The van der Waals surface area contributed by atoms with Crippen molar-refractivity contribution in [3.05, 3.63) is 101 Å². The van der Waals surface area contributed by atoms with Crippen LogP contribution in [0.3, 0.4) is 0 Å². The van der Waals surface area contributed by atoms with Crippen LogP contribution in [0, 0.1) is 5.92 Å². The Balaban J connectivity index is 1.44. The van der Waals surface area contributed by atoms with E-state index < -0.39 is 0 Å². The molecule has 4 rings (SSSR count). The second-order valence-electron chi connectivity index (χ2n) is 9.26. The second kappa shape index (κ2) is 12.1. The molecule has 0 unspecified atom stereocenters. The summed E-state index contributed by atoms with van der Waals surface area (Å²) in [6, 6.07) is 26.3. The van der Waals surface area contributed by atoms with Gasteiger partial charge in [0.1, 0.15) is 5.75 Å². The lowest BCUT2D eigenvalue weighted by molar-refractivity contribution is 0.0987. The molecular formula is C31H31BrN2O3. The quantitative estimate of drug-likeness (QED) is 0.227. The summed E-state index contributed by atoms with van der Waals surface area (Å²) in [7, 11) is 0. The maximum absolute atomic E-state index is 13.4. The van der Waals surface area contributed by atoms with Crippen molar-refractivity contribution in [1.29, 1.82) is 0 Å². The van der Waals surface area contributed by atoms with Crippen molar-refractivity contribution in [1.82, 2.24) is 0 Å². The average molecular weight is 560 g/mol. The summed E-state index contributed by atoms with van der Waals surface area (Å²) in [6.07, 6.45) is 0.963. The Labute approximate surface area is 226 Å². The number of carbonyl (C=O) groups excluding carboxylic acids is 2. The Bertz CT molecular complexity index is 1390. The van der Waals surface area contributed by atoms with E-state index in [-0.39, 0.29) is 11.8 Å². The van der Waals surface area contributed by atoms with Gasteiger partial charge in [-0.2, -0.15) is 0 Å². The van der Waals surface area contributed by atoms with Crippen molar-refractivity contribution in [3.8, 4) is 5.75 Å². The maximum atomic E-state index is 13.4. The van der Waals surface area contributed by atoms with Crippen molar-refractivity contribution in [2.24, 2.45) is 5.92 Å². The smallest absolute Gasteiger partial charge is 0.258 e. The molecule has 0 aromatic heterocycles. The zero-order valence-corrected chi connectivity index (χ0v) is 22.9. The largest absolute Gasteiger partial charge is 0.492 e. The molecule has 0 aliphatic rings. The van der Waals surface area contributed by atoms with Gasteiger partial charge in [0.05, 0.1) is 16.8 Å². The van der Waals surface area contributed by atoms with Crippen molar-refractivity contribution in [2.45, 2.75) is 27.2 Å². The van der Waals surface area contributed by atoms with Gasteiger partial charge in [0.25, 0.3) is 11.8 Å². The molecule has 0 aliphatic carbocycles. The van der Waals surface area contributed by atoms with Gasteiger partial charge in [0.15, 0.2) is 0 Å². The summed E-state index contributed by atoms with van der Waals surface area (Å²) in [5, 5.41) is 5.03. The predicted molar refractivity (Wildman–Crippen MR) is 155 cm³/mol. The van der Waals surface area contributed by atoms with Crippen LogP contribution in [0.2, 0.25) is 0 Å². The third kappa shape index (κ3) is 6.38. The fraction of sp³-hybridized carbons (Fsp3) is 0.226. The zero-order chi connectivity index (χ0) is 26.4. The van der Waals surface area contributed by atoms with E-state index in [1.165, 1.54) is 0 Å². The van der Waals surface area contributed by atoms with E-state index in [1.54, 1.807) is 47.4 Å². The number of rotatable bonds is 9. The lowest BCUT2D eigenvalue weighted by atomic mass is 10.1. The van der Waals surface area contributed by atoms with Crippen molar-refractivity contribution in [2.75, 3.05) is 23.4 Å². The third-order valence-electron chi connectivity index (χ3n) is 6.16. The van der Waals surface area contributed by atoms with E-state index >= 15 is 0 Å². The van der Waals surface area contributed by atoms with Crippen LogP contribution in [0.1, 0.15) is 47.9 Å². The lowest BCUT2D eigenvalue weighted by Crippen LogP contribution is -2.30. The molecular weight excluding hydrogens is 528 g/mol. The number of nitrogens with one attached hydrogen (secondary N) is 1. The molecule has 0 aliphatic heterocycles. The first-order valence-electron chi connectivity index (χ1n) is 12.5. The molecule has 0 saturated heterocycles. The number of anilines is 2. The number of ether oxygens (including phenoxy) is 1. The van der Waals surface area contributed by atoms with Gasteiger partial charge in [0, 0.05) is 28.7 Å². The van der Waals surface area contributed by atoms with Crippen LogP contribution in [0.5, 0.6) is 5.75 Å². The Morgan fingerprint density at radius 3 is 2.32 bits per heavy atom. The number of hydrogen-bond acceptors (Lipinski definition) is 3. The van der Waals surface area contributed by atoms with Gasteiger partial charge in [-0.15, -0.1) is 0 Å². The molecule has 4 aromatic carbocycles. The van der Waals surface area contributed by atoms with E-state index in [1.807, 2.05) is 49.4 Å². The van der Waals surface area contributed by atoms with Crippen molar-refractivity contribution < 1.29 is 14.3 Å². The molecule has 5 nitrogen and oxygen atoms in total. The van der Waals surface area contributed by atoms with E-state index in [0.29, 0.717) is 41.6 Å². The molecule has 0 fully saturated rings. The summed E-state index contributed by atoms with van der Waals surface area (Å²) < 4.78 is 6.54. The number of halogens is 1. The third-order valence-corrected chi connectivity index (χ3v) is 6.78. The highest BCUT2D eigenvalue weighted by atomic mass is 79.9. The minimum atomic E-state index is -0.237. The molecule has 0 atom stereocenters. The van der Waals surface area contributed by atoms with Gasteiger partial charge in [-0.05, 0) is 89.1 Å². The summed E-state index contributed by atoms with van der Waals surface area (Å²) in [5.41, 5.74) is 2.56. The highest BCUT2D eigenvalue weighted by molar-refractivity contribution is 9.10.